The number of benzene rings is 4. The molecule has 0 saturated carbocycles. The highest BCUT2D eigenvalue weighted by molar-refractivity contribution is 6.26. The fourth-order valence-electron chi connectivity index (χ4n) is 7.88. The zero-order valence-electron chi connectivity index (χ0n) is 35.3. The van der Waals surface area contributed by atoms with Crippen molar-refractivity contribution in [1.82, 2.24) is 9.63 Å². The van der Waals surface area contributed by atoms with Crippen LogP contribution >= 0.6 is 0 Å². The molecule has 2 heterocycles. The Balaban J connectivity index is 1.47. The molecular formula is C47H55N3O9. The Labute approximate surface area is 345 Å². The number of ether oxygens (including phenoxy) is 3. The molecular weight excluding hydrogens is 751 g/mol. The van der Waals surface area contributed by atoms with Crippen LogP contribution in [0.4, 0.5) is 0 Å². The normalized spacial score (nSPS) is 16.3. The summed E-state index contributed by atoms with van der Waals surface area (Å²) in [5.41, 5.74) is 4.10. The van der Waals surface area contributed by atoms with E-state index in [1.54, 1.807) is 31.2 Å². The third-order valence-corrected chi connectivity index (χ3v) is 10.8. The van der Waals surface area contributed by atoms with Gasteiger partial charge in [-0.2, -0.15) is 5.06 Å². The van der Waals surface area contributed by atoms with Crippen molar-refractivity contribution in [3.05, 3.63) is 89.5 Å². The summed E-state index contributed by atoms with van der Waals surface area (Å²) in [5.74, 6) is -1.43. The number of hydrogen-bond acceptors (Lipinski definition) is 10. The largest absolute Gasteiger partial charge is 0.491 e. The molecule has 1 fully saturated rings. The Morgan fingerprint density at radius 2 is 1.61 bits per heavy atom. The molecule has 12 nitrogen and oxygen atoms in total. The molecule has 1 aromatic heterocycles. The number of amides is 1. The average molecular weight is 806 g/mol. The monoisotopic (exact) mass is 805 g/mol. The molecule has 59 heavy (non-hydrogen) atoms. The van der Waals surface area contributed by atoms with E-state index in [1.807, 2.05) is 56.3 Å². The molecule has 0 bridgehead atoms. The highest BCUT2D eigenvalue weighted by Crippen LogP contribution is 2.39. The van der Waals surface area contributed by atoms with Gasteiger partial charge in [0.25, 0.3) is 5.91 Å². The fraction of sp³-hybridized carbons (Fsp3) is 0.426. The SMILES string of the molecule is CCCCC(CC)Cn1c2ccc(/C(CC(C)N(OC(C)=O)C(C)=O)=N\OC(C)=O)cc2c2cc(C(=O)c3ccc(OCC4COC(C)(C)O4)cc3)c3ccccc3c21. The Morgan fingerprint density at radius 1 is 0.898 bits per heavy atom. The van der Waals surface area contributed by atoms with Gasteiger partial charge in [0, 0.05) is 72.1 Å². The number of hydrogen-bond donors (Lipinski definition) is 0. The molecule has 0 spiro atoms. The van der Waals surface area contributed by atoms with Crippen molar-refractivity contribution in [3.8, 4) is 5.75 Å². The predicted octanol–water partition coefficient (Wildman–Crippen LogP) is 9.30. The van der Waals surface area contributed by atoms with E-state index in [-0.39, 0.29) is 18.3 Å². The lowest BCUT2D eigenvalue weighted by molar-refractivity contribution is -0.202. The van der Waals surface area contributed by atoms with E-state index in [0.29, 0.717) is 47.3 Å². The van der Waals surface area contributed by atoms with E-state index in [1.165, 1.54) is 20.8 Å². The van der Waals surface area contributed by atoms with Gasteiger partial charge in [-0.25, -0.2) is 4.79 Å². The molecule has 1 aliphatic rings. The van der Waals surface area contributed by atoms with Gasteiger partial charge in [0.05, 0.1) is 23.9 Å². The van der Waals surface area contributed by atoms with Crippen molar-refractivity contribution < 1.29 is 43.1 Å². The maximum absolute atomic E-state index is 14.6. The third-order valence-electron chi connectivity index (χ3n) is 10.8. The quantitative estimate of drug-likeness (QED) is 0.0414. The highest BCUT2D eigenvalue weighted by atomic mass is 16.7. The summed E-state index contributed by atoms with van der Waals surface area (Å²) in [6.07, 6.45) is 4.26. The van der Waals surface area contributed by atoms with Crippen LogP contribution in [0, 0.1) is 5.92 Å². The van der Waals surface area contributed by atoms with Gasteiger partial charge in [-0.1, -0.05) is 68.6 Å². The second-order valence-corrected chi connectivity index (χ2v) is 15.8. The number of aromatic nitrogens is 1. The minimum absolute atomic E-state index is 0.102. The Bertz CT molecular complexity index is 2380. The van der Waals surface area contributed by atoms with Crippen LogP contribution in [0.3, 0.4) is 0 Å². The third kappa shape index (κ3) is 10.00. The van der Waals surface area contributed by atoms with E-state index in [0.717, 1.165) is 69.9 Å². The van der Waals surface area contributed by atoms with Gasteiger partial charge in [0.2, 0.25) is 0 Å². The maximum Gasteiger partial charge on any atom is 0.331 e. The molecule has 5 aromatic rings. The summed E-state index contributed by atoms with van der Waals surface area (Å²) in [6, 6.07) is 22.5. The van der Waals surface area contributed by atoms with Gasteiger partial charge in [-0.05, 0) is 81.0 Å². The standard InChI is InChI=1S/C47H55N3O9/c1-9-11-14-33(10-2)26-49-44-22-19-35(43(48-58-31(5)52)23-29(3)50(30(4)51)59-32(6)53)24-40(44)41-25-42(38-15-12-13-16-39(38)45(41)49)46(54)34-17-20-36(21-18-34)55-27-37-28-56-47(7,8)57-37/h12-13,15-22,24-25,29,33,37H,9-11,14,23,26-28H2,1-8H3/b48-43-. The van der Waals surface area contributed by atoms with Crippen LogP contribution < -0.4 is 4.74 Å². The molecule has 4 aromatic carbocycles. The molecule has 1 amide bonds. The van der Waals surface area contributed by atoms with E-state index in [2.05, 4.69) is 29.6 Å². The Kier molecular flexibility index (Phi) is 13.5. The van der Waals surface area contributed by atoms with Crippen LogP contribution in [0.2, 0.25) is 0 Å². The first-order valence-electron chi connectivity index (χ1n) is 20.5. The van der Waals surface area contributed by atoms with Crippen molar-refractivity contribution in [2.45, 2.75) is 112 Å². The summed E-state index contributed by atoms with van der Waals surface area (Å²) < 4.78 is 19.9. The summed E-state index contributed by atoms with van der Waals surface area (Å²) in [5, 5.41) is 8.81. The highest BCUT2D eigenvalue weighted by Gasteiger charge is 2.33. The lowest BCUT2D eigenvalue weighted by Gasteiger charge is -2.26. The van der Waals surface area contributed by atoms with Gasteiger partial charge in [-0.3, -0.25) is 14.4 Å². The zero-order chi connectivity index (χ0) is 42.4. The van der Waals surface area contributed by atoms with Crippen LogP contribution in [-0.2, 0) is 40.1 Å². The van der Waals surface area contributed by atoms with Gasteiger partial charge in [-0.15, -0.1) is 0 Å². The second-order valence-electron chi connectivity index (χ2n) is 15.8. The van der Waals surface area contributed by atoms with Crippen molar-refractivity contribution in [1.29, 1.82) is 0 Å². The number of carbonyl (C=O) groups excluding carboxylic acids is 4. The number of nitrogens with zero attached hydrogens (tertiary/aromatic N) is 3. The predicted molar refractivity (Wildman–Crippen MR) is 227 cm³/mol. The number of rotatable bonds is 16. The van der Waals surface area contributed by atoms with Crippen molar-refractivity contribution >= 4 is 61.9 Å². The van der Waals surface area contributed by atoms with Crippen LogP contribution in [0.25, 0.3) is 32.6 Å². The molecule has 1 saturated heterocycles. The zero-order valence-corrected chi connectivity index (χ0v) is 35.3. The minimum Gasteiger partial charge on any atom is -0.491 e. The van der Waals surface area contributed by atoms with E-state index < -0.39 is 29.7 Å². The first-order chi connectivity index (χ1) is 28.2. The minimum atomic E-state index is -0.645. The smallest absolute Gasteiger partial charge is 0.331 e. The van der Waals surface area contributed by atoms with Crippen LogP contribution in [0.1, 0.15) is 109 Å². The van der Waals surface area contributed by atoms with E-state index in [4.69, 9.17) is 23.9 Å². The van der Waals surface area contributed by atoms with Gasteiger partial charge in [0.15, 0.2) is 11.6 Å². The van der Waals surface area contributed by atoms with Crippen LogP contribution in [0.15, 0.2) is 78.0 Å². The molecule has 1 aliphatic heterocycles. The first kappa shape index (κ1) is 43.0. The van der Waals surface area contributed by atoms with Gasteiger partial charge < -0.3 is 28.5 Å². The van der Waals surface area contributed by atoms with E-state index in [9.17, 15) is 19.2 Å². The Hall–Kier alpha value is -5.59. The molecule has 0 N–H and O–H groups in total. The molecule has 12 heteroatoms. The Morgan fingerprint density at radius 3 is 2.24 bits per heavy atom. The first-order valence-corrected chi connectivity index (χ1v) is 20.5. The number of unbranched alkanes of at least 4 members (excludes halogenated alkanes) is 1. The average Bonchev–Trinajstić information content (AvgIpc) is 3.73. The molecule has 312 valence electrons. The molecule has 0 radical (unpaired) electrons. The number of hydroxylamine groups is 2. The van der Waals surface area contributed by atoms with Crippen molar-refractivity contribution in [2.75, 3.05) is 13.2 Å². The van der Waals surface area contributed by atoms with E-state index >= 15 is 0 Å². The van der Waals surface area contributed by atoms with Crippen molar-refractivity contribution in [3.63, 3.8) is 0 Å². The van der Waals surface area contributed by atoms with Gasteiger partial charge >= 0.3 is 11.9 Å². The number of fused-ring (bicyclic) bond motifs is 5. The number of oxime groups is 1. The van der Waals surface area contributed by atoms with Crippen LogP contribution in [-0.4, -0.2) is 70.1 Å². The summed E-state index contributed by atoms with van der Waals surface area (Å²) in [7, 11) is 0. The second kappa shape index (κ2) is 18.6. The maximum atomic E-state index is 14.6. The molecule has 3 atom stereocenters. The lowest BCUT2D eigenvalue weighted by atomic mass is 9.94. The summed E-state index contributed by atoms with van der Waals surface area (Å²) >= 11 is 0. The topological polar surface area (TPSA) is 135 Å². The molecule has 6 rings (SSSR count). The van der Waals surface area contributed by atoms with Gasteiger partial charge in [0.1, 0.15) is 18.5 Å². The summed E-state index contributed by atoms with van der Waals surface area (Å²) in [6.45, 7) is 15.3. The van der Waals surface area contributed by atoms with Crippen molar-refractivity contribution in [2.24, 2.45) is 11.1 Å². The number of carbonyl (C=O) groups is 4. The van der Waals surface area contributed by atoms with Crippen LogP contribution in [0.5, 0.6) is 5.75 Å². The fourth-order valence-corrected chi connectivity index (χ4v) is 7.88. The molecule has 0 aliphatic carbocycles. The lowest BCUT2D eigenvalue weighted by Crippen LogP contribution is -2.39. The summed E-state index contributed by atoms with van der Waals surface area (Å²) in [4.78, 5) is 61.3. The number of ketones is 1. The molecule has 3 unspecified atom stereocenters.